The molecular formula is C18H25Cl2N3OS. The summed E-state index contributed by atoms with van der Waals surface area (Å²) in [6, 6.07) is 7.85. The van der Waals surface area contributed by atoms with Crippen LogP contribution in [0, 0.1) is 12.8 Å². The van der Waals surface area contributed by atoms with E-state index in [0.29, 0.717) is 5.92 Å². The third-order valence-electron chi connectivity index (χ3n) is 4.37. The second kappa shape index (κ2) is 10.1. The normalized spacial score (nSPS) is 14.6. The van der Waals surface area contributed by atoms with Gasteiger partial charge in [0.05, 0.1) is 0 Å². The molecule has 1 amide bonds. The van der Waals surface area contributed by atoms with Gasteiger partial charge in [0, 0.05) is 35.3 Å². The van der Waals surface area contributed by atoms with Crippen LogP contribution in [0.5, 0.6) is 0 Å². The molecular weight excluding hydrogens is 377 g/mol. The number of piperidine rings is 1. The van der Waals surface area contributed by atoms with Gasteiger partial charge in [-0.15, -0.1) is 36.2 Å². The fourth-order valence-electron chi connectivity index (χ4n) is 3.08. The zero-order valence-electron chi connectivity index (χ0n) is 14.5. The number of carbonyl (C=O) groups excluding carboxylic acids is 1. The Bertz CT molecular complexity index is 684. The first kappa shape index (κ1) is 21.9. The monoisotopic (exact) mass is 401 g/mol. The summed E-state index contributed by atoms with van der Waals surface area (Å²) >= 11 is 1.62. The van der Waals surface area contributed by atoms with Gasteiger partial charge in [0.25, 0.3) is 5.91 Å². The number of halogens is 2. The van der Waals surface area contributed by atoms with Gasteiger partial charge >= 0.3 is 0 Å². The quantitative estimate of drug-likeness (QED) is 0.840. The van der Waals surface area contributed by atoms with Crippen LogP contribution in [-0.2, 0) is 0 Å². The van der Waals surface area contributed by atoms with E-state index < -0.39 is 0 Å². The first-order chi connectivity index (χ1) is 11.2. The van der Waals surface area contributed by atoms with E-state index >= 15 is 0 Å². The molecule has 0 aliphatic carbocycles. The number of aromatic nitrogens is 1. The number of amides is 1. The lowest BCUT2D eigenvalue weighted by molar-refractivity contribution is 0.0691. The Hall–Kier alpha value is -1.14. The van der Waals surface area contributed by atoms with Crippen LogP contribution in [-0.4, -0.2) is 42.5 Å². The number of aryl methyl sites for hydroxylation is 1. The molecule has 0 unspecified atom stereocenters. The maximum Gasteiger partial charge on any atom is 0.253 e. The van der Waals surface area contributed by atoms with E-state index in [2.05, 4.69) is 10.3 Å². The molecule has 3 rings (SSSR count). The average molecular weight is 402 g/mol. The maximum absolute atomic E-state index is 12.7. The molecule has 0 saturated carbocycles. The second-order valence-corrected chi connectivity index (χ2v) is 7.03. The van der Waals surface area contributed by atoms with Crippen molar-refractivity contribution in [2.75, 3.05) is 26.7 Å². The van der Waals surface area contributed by atoms with Gasteiger partial charge in [-0.2, -0.15) is 0 Å². The van der Waals surface area contributed by atoms with Gasteiger partial charge in [0.1, 0.15) is 5.01 Å². The first-order valence-electron chi connectivity index (χ1n) is 8.14. The van der Waals surface area contributed by atoms with Crippen LogP contribution in [0.25, 0.3) is 10.6 Å². The van der Waals surface area contributed by atoms with Crippen molar-refractivity contribution in [2.24, 2.45) is 5.92 Å². The van der Waals surface area contributed by atoms with Crippen molar-refractivity contribution in [3.05, 3.63) is 40.9 Å². The van der Waals surface area contributed by atoms with Gasteiger partial charge in [-0.1, -0.05) is 12.1 Å². The summed E-state index contributed by atoms with van der Waals surface area (Å²) in [6.07, 6.45) is 2.16. The Morgan fingerprint density at radius 3 is 2.64 bits per heavy atom. The highest BCUT2D eigenvalue weighted by Crippen LogP contribution is 2.25. The Labute approximate surface area is 165 Å². The van der Waals surface area contributed by atoms with Gasteiger partial charge in [-0.05, 0) is 51.4 Å². The molecule has 1 aromatic carbocycles. The molecule has 25 heavy (non-hydrogen) atoms. The van der Waals surface area contributed by atoms with Gasteiger partial charge in [0.2, 0.25) is 0 Å². The summed E-state index contributed by atoms with van der Waals surface area (Å²) in [5.74, 6) is 0.830. The van der Waals surface area contributed by atoms with Crippen molar-refractivity contribution in [2.45, 2.75) is 19.8 Å². The molecule has 1 fully saturated rings. The van der Waals surface area contributed by atoms with Gasteiger partial charge < -0.3 is 10.2 Å². The fraction of sp³-hybridized carbons (Fsp3) is 0.444. The van der Waals surface area contributed by atoms with E-state index in [9.17, 15) is 4.79 Å². The van der Waals surface area contributed by atoms with Crippen molar-refractivity contribution < 1.29 is 4.79 Å². The molecule has 2 heterocycles. The molecule has 2 aromatic rings. The summed E-state index contributed by atoms with van der Waals surface area (Å²) in [6.45, 7) is 4.74. The van der Waals surface area contributed by atoms with E-state index in [1.54, 1.807) is 11.3 Å². The molecule has 4 nitrogen and oxygen atoms in total. The molecule has 1 aliphatic rings. The molecule has 1 aromatic heterocycles. The highest BCUT2D eigenvalue weighted by Gasteiger charge is 2.23. The standard InChI is InChI=1S/C18H23N3OS.2ClH/c1-13-12-23-17(20-13)15-4-3-5-16(10-15)18(22)21-8-6-14(7-9-21)11-19-2;;/h3-5,10,12,14,19H,6-9,11H2,1-2H3;2*1H. The molecule has 1 saturated heterocycles. The van der Waals surface area contributed by atoms with E-state index in [1.165, 1.54) is 0 Å². The van der Waals surface area contributed by atoms with Crippen LogP contribution in [0.3, 0.4) is 0 Å². The van der Waals surface area contributed by atoms with Gasteiger partial charge in [-0.25, -0.2) is 4.98 Å². The van der Waals surface area contributed by atoms with E-state index in [4.69, 9.17) is 0 Å². The van der Waals surface area contributed by atoms with Crippen LogP contribution in [0.15, 0.2) is 29.6 Å². The third kappa shape index (κ3) is 5.42. The highest BCUT2D eigenvalue weighted by atomic mass is 35.5. The van der Waals surface area contributed by atoms with Crippen LogP contribution < -0.4 is 5.32 Å². The van der Waals surface area contributed by atoms with Crippen molar-refractivity contribution in [3.63, 3.8) is 0 Å². The Kier molecular flexibility index (Phi) is 8.86. The van der Waals surface area contributed by atoms with Crippen molar-refractivity contribution in [1.82, 2.24) is 15.2 Å². The summed E-state index contributed by atoms with van der Waals surface area (Å²) < 4.78 is 0. The summed E-state index contributed by atoms with van der Waals surface area (Å²) in [4.78, 5) is 19.2. The molecule has 1 aliphatic heterocycles. The van der Waals surface area contributed by atoms with E-state index in [0.717, 1.165) is 54.3 Å². The van der Waals surface area contributed by atoms with Crippen LogP contribution >= 0.6 is 36.2 Å². The Morgan fingerprint density at radius 1 is 1.32 bits per heavy atom. The number of benzene rings is 1. The largest absolute Gasteiger partial charge is 0.339 e. The number of nitrogens with zero attached hydrogens (tertiary/aromatic N) is 2. The van der Waals surface area contributed by atoms with Gasteiger partial charge in [0.15, 0.2) is 0 Å². The zero-order chi connectivity index (χ0) is 16.2. The number of likely N-dealkylation sites (tertiary alicyclic amines) is 1. The zero-order valence-corrected chi connectivity index (χ0v) is 17.0. The predicted molar refractivity (Wildman–Crippen MR) is 109 cm³/mol. The minimum atomic E-state index is 0. The summed E-state index contributed by atoms with van der Waals surface area (Å²) in [5.41, 5.74) is 2.81. The second-order valence-electron chi connectivity index (χ2n) is 6.17. The molecule has 138 valence electrons. The summed E-state index contributed by atoms with van der Waals surface area (Å²) in [7, 11) is 1.99. The minimum absolute atomic E-state index is 0. The number of nitrogens with one attached hydrogen (secondary N) is 1. The smallest absolute Gasteiger partial charge is 0.253 e. The first-order valence-corrected chi connectivity index (χ1v) is 9.02. The number of carbonyl (C=O) groups is 1. The SMILES string of the molecule is CNCC1CCN(C(=O)c2cccc(-c3nc(C)cs3)c2)CC1.Cl.Cl. The fourth-order valence-corrected chi connectivity index (χ4v) is 3.88. The van der Waals surface area contributed by atoms with Crippen LogP contribution in [0.1, 0.15) is 28.9 Å². The Balaban J connectivity index is 0.00000156. The molecule has 0 bridgehead atoms. The molecule has 0 radical (unpaired) electrons. The van der Waals surface area contributed by atoms with Crippen LogP contribution in [0.2, 0.25) is 0 Å². The number of hydrogen-bond donors (Lipinski definition) is 1. The lowest BCUT2D eigenvalue weighted by atomic mass is 9.96. The van der Waals surface area contributed by atoms with E-state index in [1.807, 2.05) is 48.5 Å². The van der Waals surface area contributed by atoms with Crippen molar-refractivity contribution in [1.29, 1.82) is 0 Å². The topological polar surface area (TPSA) is 45.2 Å². The lowest BCUT2D eigenvalue weighted by Gasteiger charge is -2.32. The van der Waals surface area contributed by atoms with Crippen molar-refractivity contribution in [3.8, 4) is 10.6 Å². The molecule has 0 atom stereocenters. The minimum Gasteiger partial charge on any atom is -0.339 e. The molecule has 7 heteroatoms. The number of thiazole rings is 1. The lowest BCUT2D eigenvalue weighted by Crippen LogP contribution is -2.40. The van der Waals surface area contributed by atoms with E-state index in [-0.39, 0.29) is 30.7 Å². The predicted octanol–water partition coefficient (Wildman–Crippen LogP) is 4.03. The number of hydrogen-bond acceptors (Lipinski definition) is 4. The van der Waals surface area contributed by atoms with Crippen LogP contribution in [0.4, 0.5) is 0 Å². The molecule has 0 spiro atoms. The molecule has 1 N–H and O–H groups in total. The average Bonchev–Trinajstić information content (AvgIpc) is 3.02. The highest BCUT2D eigenvalue weighted by molar-refractivity contribution is 7.13. The van der Waals surface area contributed by atoms with Gasteiger partial charge in [-0.3, -0.25) is 4.79 Å². The summed E-state index contributed by atoms with van der Waals surface area (Å²) in [5, 5.41) is 6.25. The maximum atomic E-state index is 12.7. The number of rotatable bonds is 4. The van der Waals surface area contributed by atoms with Crippen molar-refractivity contribution >= 4 is 42.1 Å². The third-order valence-corrected chi connectivity index (χ3v) is 5.38. The Morgan fingerprint density at radius 2 is 2.04 bits per heavy atom.